The van der Waals surface area contributed by atoms with Gasteiger partial charge in [0.25, 0.3) is 0 Å². The molecule has 3 aromatic rings. The van der Waals surface area contributed by atoms with E-state index in [1.165, 1.54) is 0 Å². The van der Waals surface area contributed by atoms with Gasteiger partial charge in [-0.15, -0.1) is 0 Å². The van der Waals surface area contributed by atoms with E-state index >= 15 is 0 Å². The smallest absolute Gasteiger partial charge is 0.227 e. The van der Waals surface area contributed by atoms with Crippen LogP contribution in [0.5, 0.6) is 0 Å². The Morgan fingerprint density at radius 1 is 1.05 bits per heavy atom. The minimum atomic E-state index is 0.593. The van der Waals surface area contributed by atoms with Gasteiger partial charge in [0.15, 0.2) is 5.58 Å². The summed E-state index contributed by atoms with van der Waals surface area (Å²) in [5.41, 5.74) is 16.6. The molecule has 2 aromatic carbocycles. The van der Waals surface area contributed by atoms with Gasteiger partial charge in [-0.3, -0.25) is 0 Å². The third-order valence-electron chi connectivity index (χ3n) is 3.13. The number of benzene rings is 2. The van der Waals surface area contributed by atoms with Crippen molar-refractivity contribution in [3.63, 3.8) is 0 Å². The summed E-state index contributed by atoms with van der Waals surface area (Å²) in [6.45, 7) is 2.08. The summed E-state index contributed by atoms with van der Waals surface area (Å²) >= 11 is 0. The predicted octanol–water partition coefficient (Wildman–Crippen LogP) is 3.22. The Hall–Kier alpha value is -2.49. The van der Waals surface area contributed by atoms with Crippen molar-refractivity contribution in [2.24, 2.45) is 0 Å². The first-order chi connectivity index (χ1) is 9.17. The van der Waals surface area contributed by atoms with Crippen LogP contribution in [0.3, 0.4) is 0 Å². The van der Waals surface area contributed by atoms with Crippen LogP contribution < -0.4 is 11.5 Å². The molecule has 0 saturated carbocycles. The molecule has 96 valence electrons. The van der Waals surface area contributed by atoms with E-state index in [0.717, 1.165) is 34.3 Å². The minimum Gasteiger partial charge on any atom is -0.436 e. The zero-order chi connectivity index (χ0) is 13.4. The molecule has 0 aliphatic rings. The number of aryl methyl sites for hydroxylation is 1. The van der Waals surface area contributed by atoms with Gasteiger partial charge in [-0.1, -0.05) is 6.92 Å². The number of nitrogens with zero attached hydrogens (tertiary/aromatic N) is 1. The van der Waals surface area contributed by atoms with Crippen molar-refractivity contribution >= 4 is 22.5 Å². The molecule has 0 aliphatic heterocycles. The van der Waals surface area contributed by atoms with Gasteiger partial charge >= 0.3 is 0 Å². The van der Waals surface area contributed by atoms with Gasteiger partial charge < -0.3 is 15.9 Å². The topological polar surface area (TPSA) is 78.1 Å². The predicted molar refractivity (Wildman–Crippen MR) is 77.6 cm³/mol. The van der Waals surface area contributed by atoms with E-state index in [-0.39, 0.29) is 0 Å². The maximum Gasteiger partial charge on any atom is 0.227 e. The Morgan fingerprint density at radius 3 is 2.47 bits per heavy atom. The highest BCUT2D eigenvalue weighted by atomic mass is 16.3. The zero-order valence-electron chi connectivity index (χ0n) is 10.7. The standard InChI is InChI=1S/C15H15N3O/c1-2-9-7-12(17)8-13-14(9)18-15(19-13)10-3-5-11(16)6-4-10/h3-8H,2,16-17H2,1H3. The molecule has 4 nitrogen and oxygen atoms in total. The molecule has 0 radical (unpaired) electrons. The maximum absolute atomic E-state index is 5.86. The molecule has 0 fully saturated rings. The lowest BCUT2D eigenvalue weighted by Crippen LogP contribution is -1.89. The Labute approximate surface area is 111 Å². The highest BCUT2D eigenvalue weighted by Crippen LogP contribution is 2.28. The van der Waals surface area contributed by atoms with Crippen LogP contribution in [0, 0.1) is 0 Å². The van der Waals surface area contributed by atoms with Crippen LogP contribution in [0.25, 0.3) is 22.6 Å². The number of rotatable bonds is 2. The Balaban J connectivity index is 2.18. The molecule has 0 amide bonds. The van der Waals surface area contributed by atoms with E-state index in [1.54, 1.807) is 0 Å². The van der Waals surface area contributed by atoms with Crippen molar-refractivity contribution in [2.75, 3.05) is 11.5 Å². The number of fused-ring (bicyclic) bond motifs is 1. The number of aromatic nitrogens is 1. The summed E-state index contributed by atoms with van der Waals surface area (Å²) in [6.07, 6.45) is 0.870. The summed E-state index contributed by atoms with van der Waals surface area (Å²) < 4.78 is 5.79. The van der Waals surface area contributed by atoms with E-state index in [2.05, 4.69) is 11.9 Å². The molecule has 19 heavy (non-hydrogen) atoms. The molecule has 0 spiro atoms. The molecule has 1 heterocycles. The molecule has 0 saturated heterocycles. The van der Waals surface area contributed by atoms with Gasteiger partial charge in [0.05, 0.1) is 0 Å². The first-order valence-electron chi connectivity index (χ1n) is 6.22. The Kier molecular flexibility index (Phi) is 2.63. The van der Waals surface area contributed by atoms with Crippen LogP contribution >= 0.6 is 0 Å². The SMILES string of the molecule is CCc1cc(N)cc2oc(-c3ccc(N)cc3)nc12. The third kappa shape index (κ3) is 2.01. The molecule has 4 N–H and O–H groups in total. The van der Waals surface area contributed by atoms with E-state index < -0.39 is 0 Å². The Morgan fingerprint density at radius 2 is 1.79 bits per heavy atom. The lowest BCUT2D eigenvalue weighted by atomic mass is 10.1. The first-order valence-corrected chi connectivity index (χ1v) is 6.22. The fraction of sp³-hybridized carbons (Fsp3) is 0.133. The normalized spacial score (nSPS) is 11.0. The number of nitrogen functional groups attached to an aromatic ring is 2. The van der Waals surface area contributed by atoms with Crippen LogP contribution in [-0.2, 0) is 6.42 Å². The van der Waals surface area contributed by atoms with Gasteiger partial charge in [0.2, 0.25) is 5.89 Å². The first kappa shape index (κ1) is 11.6. The van der Waals surface area contributed by atoms with Gasteiger partial charge in [0, 0.05) is 23.0 Å². The summed E-state index contributed by atoms with van der Waals surface area (Å²) in [5.74, 6) is 0.593. The van der Waals surface area contributed by atoms with Gasteiger partial charge in [-0.25, -0.2) is 4.98 Å². The number of oxazole rings is 1. The van der Waals surface area contributed by atoms with Crippen LogP contribution in [-0.4, -0.2) is 4.98 Å². The van der Waals surface area contributed by atoms with Crippen molar-refractivity contribution in [1.29, 1.82) is 0 Å². The summed E-state index contributed by atoms with van der Waals surface area (Å²) in [4.78, 5) is 4.56. The highest BCUT2D eigenvalue weighted by molar-refractivity contribution is 5.83. The molecule has 4 heteroatoms. The van der Waals surface area contributed by atoms with Crippen LogP contribution in [0.4, 0.5) is 11.4 Å². The molecule has 0 unspecified atom stereocenters. The fourth-order valence-electron chi connectivity index (χ4n) is 2.14. The van der Waals surface area contributed by atoms with Crippen LogP contribution in [0.15, 0.2) is 40.8 Å². The van der Waals surface area contributed by atoms with Crippen molar-refractivity contribution in [1.82, 2.24) is 4.98 Å². The summed E-state index contributed by atoms with van der Waals surface area (Å²) in [7, 11) is 0. The largest absolute Gasteiger partial charge is 0.436 e. The average molecular weight is 253 g/mol. The van der Waals surface area contributed by atoms with Crippen molar-refractivity contribution in [3.8, 4) is 11.5 Å². The highest BCUT2D eigenvalue weighted by Gasteiger charge is 2.11. The van der Waals surface area contributed by atoms with Crippen LogP contribution in [0.2, 0.25) is 0 Å². The monoisotopic (exact) mass is 253 g/mol. The van der Waals surface area contributed by atoms with Crippen LogP contribution in [0.1, 0.15) is 12.5 Å². The van der Waals surface area contributed by atoms with E-state index in [9.17, 15) is 0 Å². The van der Waals surface area contributed by atoms with E-state index in [4.69, 9.17) is 15.9 Å². The molecule has 3 rings (SSSR count). The summed E-state index contributed by atoms with van der Waals surface area (Å²) in [6, 6.07) is 11.2. The quantitative estimate of drug-likeness (QED) is 0.687. The fourth-order valence-corrected chi connectivity index (χ4v) is 2.14. The van der Waals surface area contributed by atoms with E-state index in [1.807, 2.05) is 36.4 Å². The number of nitrogens with two attached hydrogens (primary N) is 2. The number of hydrogen-bond acceptors (Lipinski definition) is 4. The molecular weight excluding hydrogens is 238 g/mol. The summed E-state index contributed by atoms with van der Waals surface area (Å²) in [5, 5.41) is 0. The lowest BCUT2D eigenvalue weighted by Gasteiger charge is -1.98. The second kappa shape index (κ2) is 4.31. The van der Waals surface area contributed by atoms with Gasteiger partial charge in [0.1, 0.15) is 5.52 Å². The van der Waals surface area contributed by atoms with E-state index in [0.29, 0.717) is 11.6 Å². The number of hydrogen-bond donors (Lipinski definition) is 2. The second-order valence-corrected chi connectivity index (χ2v) is 4.52. The average Bonchev–Trinajstić information content (AvgIpc) is 2.82. The lowest BCUT2D eigenvalue weighted by molar-refractivity contribution is 0.620. The Bertz CT molecular complexity index is 729. The van der Waals surface area contributed by atoms with Crippen molar-refractivity contribution < 1.29 is 4.42 Å². The van der Waals surface area contributed by atoms with Gasteiger partial charge in [-0.05, 0) is 42.3 Å². The zero-order valence-corrected chi connectivity index (χ0v) is 10.7. The third-order valence-corrected chi connectivity index (χ3v) is 3.13. The van der Waals surface area contributed by atoms with Gasteiger partial charge in [-0.2, -0.15) is 0 Å². The molecular formula is C15H15N3O. The molecule has 0 atom stereocenters. The van der Waals surface area contributed by atoms with Crippen molar-refractivity contribution in [2.45, 2.75) is 13.3 Å². The molecule has 1 aromatic heterocycles. The minimum absolute atomic E-state index is 0.593. The molecule has 0 aliphatic carbocycles. The number of anilines is 2. The second-order valence-electron chi connectivity index (χ2n) is 4.52. The molecule has 0 bridgehead atoms. The maximum atomic E-state index is 5.86. The van der Waals surface area contributed by atoms with Crippen molar-refractivity contribution in [3.05, 3.63) is 42.0 Å².